The molecule has 0 bridgehead atoms. The van der Waals surface area contributed by atoms with Crippen molar-refractivity contribution in [3.8, 4) is 5.75 Å². The van der Waals surface area contributed by atoms with Crippen LogP contribution in [0.2, 0.25) is 0 Å². The minimum absolute atomic E-state index is 0.230. The van der Waals surface area contributed by atoms with E-state index in [2.05, 4.69) is 12.1 Å². The van der Waals surface area contributed by atoms with E-state index in [1.165, 1.54) is 10.5 Å². The van der Waals surface area contributed by atoms with Gasteiger partial charge in [0, 0.05) is 16.6 Å². The van der Waals surface area contributed by atoms with Gasteiger partial charge in [-0.1, -0.05) is 30.3 Å². The third-order valence-electron chi connectivity index (χ3n) is 3.67. The van der Waals surface area contributed by atoms with Gasteiger partial charge in [-0.25, -0.2) is 4.79 Å². The number of ether oxygens (including phenoxy) is 1. The number of thioether (sulfide) groups is 1. The second-order valence-corrected chi connectivity index (χ2v) is 6.18. The number of carboxylic acids is 1. The summed E-state index contributed by atoms with van der Waals surface area (Å²) in [7, 11) is 0. The molecular weight excluding hydrogens is 284 g/mol. The minimum atomic E-state index is -0.949. The zero-order valence-corrected chi connectivity index (χ0v) is 12.5. The fourth-order valence-corrected chi connectivity index (χ4v) is 3.80. The van der Waals surface area contributed by atoms with Crippen LogP contribution in [0.15, 0.2) is 47.4 Å². The number of fused-ring (bicyclic) bond motifs is 1. The van der Waals surface area contributed by atoms with E-state index in [0.717, 1.165) is 11.3 Å². The molecule has 0 saturated carbocycles. The van der Waals surface area contributed by atoms with Crippen LogP contribution in [0.25, 0.3) is 0 Å². The van der Waals surface area contributed by atoms with Crippen molar-refractivity contribution >= 4 is 17.7 Å². The van der Waals surface area contributed by atoms with Crippen LogP contribution in [-0.2, 0) is 0 Å². The predicted molar refractivity (Wildman–Crippen MR) is 83.5 cm³/mol. The molecule has 1 N–H and O–H groups in total. The lowest BCUT2D eigenvalue weighted by atomic mass is 10.0. The van der Waals surface area contributed by atoms with Crippen LogP contribution < -0.4 is 4.74 Å². The van der Waals surface area contributed by atoms with Crippen molar-refractivity contribution in [2.24, 2.45) is 0 Å². The maximum Gasteiger partial charge on any atom is 0.339 e. The first-order valence-electron chi connectivity index (χ1n) is 6.84. The molecule has 2 aromatic carbocycles. The van der Waals surface area contributed by atoms with Gasteiger partial charge in [-0.3, -0.25) is 0 Å². The molecule has 0 fully saturated rings. The van der Waals surface area contributed by atoms with E-state index in [1.807, 2.05) is 36.9 Å². The van der Waals surface area contributed by atoms with Crippen LogP contribution in [-0.4, -0.2) is 23.4 Å². The SMILES string of the molecule is Cc1cccc(C(=O)O)c1OCC1CSc2ccccc21. The molecule has 1 aliphatic rings. The van der Waals surface area contributed by atoms with Crippen LogP contribution in [0.3, 0.4) is 0 Å². The molecule has 1 atom stereocenters. The predicted octanol–water partition coefficient (Wildman–Crippen LogP) is 3.96. The van der Waals surface area contributed by atoms with E-state index >= 15 is 0 Å². The van der Waals surface area contributed by atoms with Crippen molar-refractivity contribution in [1.82, 2.24) is 0 Å². The maximum atomic E-state index is 11.3. The summed E-state index contributed by atoms with van der Waals surface area (Å²) in [6.07, 6.45) is 0. The smallest absolute Gasteiger partial charge is 0.339 e. The highest BCUT2D eigenvalue weighted by Crippen LogP contribution is 2.39. The van der Waals surface area contributed by atoms with Gasteiger partial charge in [0.1, 0.15) is 11.3 Å². The lowest BCUT2D eigenvalue weighted by molar-refractivity contribution is 0.0691. The number of benzene rings is 2. The summed E-state index contributed by atoms with van der Waals surface area (Å²) >= 11 is 1.83. The summed E-state index contributed by atoms with van der Waals surface area (Å²) in [4.78, 5) is 12.6. The lowest BCUT2D eigenvalue weighted by Gasteiger charge is -2.16. The van der Waals surface area contributed by atoms with Gasteiger partial charge in [0.2, 0.25) is 0 Å². The monoisotopic (exact) mass is 300 g/mol. The van der Waals surface area contributed by atoms with Gasteiger partial charge in [-0.15, -0.1) is 11.8 Å². The molecule has 4 heteroatoms. The Morgan fingerprint density at radius 1 is 1.29 bits per heavy atom. The number of para-hydroxylation sites is 1. The van der Waals surface area contributed by atoms with Crippen molar-refractivity contribution in [1.29, 1.82) is 0 Å². The lowest BCUT2D eigenvalue weighted by Crippen LogP contribution is -2.12. The molecule has 0 aliphatic carbocycles. The molecule has 2 aromatic rings. The average Bonchev–Trinajstić information content (AvgIpc) is 2.89. The van der Waals surface area contributed by atoms with Crippen molar-refractivity contribution in [3.05, 3.63) is 59.2 Å². The first-order chi connectivity index (χ1) is 10.2. The third-order valence-corrected chi connectivity index (χ3v) is 4.92. The molecular formula is C17H16O3S. The van der Waals surface area contributed by atoms with E-state index in [4.69, 9.17) is 4.74 Å². The number of aryl methyl sites for hydroxylation is 1. The van der Waals surface area contributed by atoms with Crippen LogP contribution in [0.1, 0.15) is 27.4 Å². The summed E-state index contributed by atoms with van der Waals surface area (Å²) in [5, 5.41) is 9.26. The fraction of sp³-hybridized carbons (Fsp3) is 0.235. The Balaban J connectivity index is 1.79. The molecule has 1 aliphatic heterocycles. The number of hydrogen-bond acceptors (Lipinski definition) is 3. The highest BCUT2D eigenvalue weighted by molar-refractivity contribution is 7.99. The zero-order valence-electron chi connectivity index (χ0n) is 11.7. The van der Waals surface area contributed by atoms with Gasteiger partial charge < -0.3 is 9.84 Å². The number of carboxylic acid groups (broad SMARTS) is 1. The van der Waals surface area contributed by atoms with Gasteiger partial charge in [-0.2, -0.15) is 0 Å². The molecule has 0 amide bonds. The second-order valence-electron chi connectivity index (χ2n) is 5.11. The molecule has 0 saturated heterocycles. The second kappa shape index (κ2) is 5.82. The molecule has 3 rings (SSSR count). The standard InChI is InChI=1S/C17H16O3S/c1-11-5-4-7-14(17(18)19)16(11)20-9-12-10-21-15-8-3-2-6-13(12)15/h2-8,12H,9-10H2,1H3,(H,18,19). The third kappa shape index (κ3) is 2.76. The van der Waals surface area contributed by atoms with E-state index in [0.29, 0.717) is 18.3 Å². The summed E-state index contributed by atoms with van der Waals surface area (Å²) in [6, 6.07) is 13.5. The maximum absolute atomic E-state index is 11.3. The van der Waals surface area contributed by atoms with Gasteiger partial charge in [-0.05, 0) is 30.2 Å². The van der Waals surface area contributed by atoms with E-state index in [1.54, 1.807) is 12.1 Å². The van der Waals surface area contributed by atoms with Crippen LogP contribution in [0, 0.1) is 6.92 Å². The first-order valence-corrected chi connectivity index (χ1v) is 7.83. The van der Waals surface area contributed by atoms with Crippen LogP contribution >= 0.6 is 11.8 Å². The Kier molecular flexibility index (Phi) is 3.88. The topological polar surface area (TPSA) is 46.5 Å². The largest absolute Gasteiger partial charge is 0.492 e. The molecule has 0 aromatic heterocycles. The number of hydrogen-bond donors (Lipinski definition) is 1. The quantitative estimate of drug-likeness (QED) is 0.928. The molecule has 3 nitrogen and oxygen atoms in total. The van der Waals surface area contributed by atoms with Gasteiger partial charge >= 0.3 is 5.97 Å². The molecule has 1 unspecified atom stereocenters. The van der Waals surface area contributed by atoms with E-state index in [9.17, 15) is 9.90 Å². The molecule has 1 heterocycles. The number of aromatic carboxylic acids is 1. The Hall–Kier alpha value is -1.94. The van der Waals surface area contributed by atoms with Crippen molar-refractivity contribution < 1.29 is 14.6 Å². The highest BCUT2D eigenvalue weighted by Gasteiger charge is 2.24. The Morgan fingerprint density at radius 2 is 2.10 bits per heavy atom. The summed E-state index contributed by atoms with van der Waals surface area (Å²) in [5.74, 6) is 0.829. The highest BCUT2D eigenvalue weighted by atomic mass is 32.2. The zero-order chi connectivity index (χ0) is 14.8. The Labute approximate surface area is 127 Å². The van der Waals surface area contributed by atoms with Gasteiger partial charge in [0.25, 0.3) is 0 Å². The molecule has 0 spiro atoms. The summed E-state index contributed by atoms with van der Waals surface area (Å²) in [6.45, 7) is 2.38. The summed E-state index contributed by atoms with van der Waals surface area (Å²) in [5.41, 5.74) is 2.38. The normalized spacial score (nSPS) is 16.5. The fourth-order valence-electron chi connectivity index (χ4n) is 2.56. The van der Waals surface area contributed by atoms with Crippen molar-refractivity contribution in [2.45, 2.75) is 17.7 Å². The van der Waals surface area contributed by atoms with Gasteiger partial charge in [0.05, 0.1) is 6.61 Å². The number of carbonyl (C=O) groups is 1. The van der Waals surface area contributed by atoms with Crippen LogP contribution in [0.4, 0.5) is 0 Å². The molecule has 108 valence electrons. The molecule has 21 heavy (non-hydrogen) atoms. The van der Waals surface area contributed by atoms with E-state index < -0.39 is 5.97 Å². The van der Waals surface area contributed by atoms with Crippen LogP contribution in [0.5, 0.6) is 5.75 Å². The van der Waals surface area contributed by atoms with E-state index in [-0.39, 0.29) is 5.56 Å². The Morgan fingerprint density at radius 3 is 2.90 bits per heavy atom. The first kappa shape index (κ1) is 14.0. The molecule has 0 radical (unpaired) electrons. The minimum Gasteiger partial charge on any atom is -0.492 e. The number of rotatable bonds is 4. The average molecular weight is 300 g/mol. The van der Waals surface area contributed by atoms with Crippen molar-refractivity contribution in [2.75, 3.05) is 12.4 Å². The summed E-state index contributed by atoms with van der Waals surface area (Å²) < 4.78 is 5.88. The van der Waals surface area contributed by atoms with Gasteiger partial charge in [0.15, 0.2) is 0 Å². The van der Waals surface area contributed by atoms with Crippen molar-refractivity contribution in [3.63, 3.8) is 0 Å². The Bertz CT molecular complexity index is 681.